The number of amides is 1. The monoisotopic (exact) mass is 452 g/mol. The maximum atomic E-state index is 13.1. The SMILES string of the molecule is CCOc1ccc(NC(=O)C(C)(C)c2ccc(Cl)cc2)cc1S(=O)(=O)N(CC)CC. The Morgan fingerprint density at radius 2 is 1.67 bits per heavy atom. The van der Waals surface area contributed by atoms with Crippen LogP contribution >= 0.6 is 11.6 Å². The fourth-order valence-corrected chi connectivity index (χ4v) is 4.79. The van der Waals surface area contributed by atoms with E-state index in [2.05, 4.69) is 5.32 Å². The zero-order chi connectivity index (χ0) is 22.5. The van der Waals surface area contributed by atoms with E-state index in [4.69, 9.17) is 16.3 Å². The second-order valence-corrected chi connectivity index (χ2v) is 9.61. The lowest BCUT2D eigenvalue weighted by molar-refractivity contribution is -0.120. The van der Waals surface area contributed by atoms with Gasteiger partial charge < -0.3 is 10.1 Å². The average Bonchev–Trinajstić information content (AvgIpc) is 2.70. The van der Waals surface area contributed by atoms with Crippen LogP contribution < -0.4 is 10.1 Å². The predicted molar refractivity (Wildman–Crippen MR) is 121 cm³/mol. The van der Waals surface area contributed by atoms with Gasteiger partial charge in [-0.05, 0) is 56.7 Å². The first-order chi connectivity index (χ1) is 14.1. The van der Waals surface area contributed by atoms with Crippen molar-refractivity contribution in [2.45, 2.75) is 44.9 Å². The summed E-state index contributed by atoms with van der Waals surface area (Å²) >= 11 is 5.95. The number of hydrogen-bond donors (Lipinski definition) is 1. The van der Waals surface area contributed by atoms with Gasteiger partial charge in [-0.25, -0.2) is 8.42 Å². The summed E-state index contributed by atoms with van der Waals surface area (Å²) in [5.41, 5.74) is 0.337. The van der Waals surface area contributed by atoms with Gasteiger partial charge in [0.1, 0.15) is 10.6 Å². The summed E-state index contributed by atoms with van der Waals surface area (Å²) in [7, 11) is -3.76. The largest absolute Gasteiger partial charge is 0.492 e. The molecular weight excluding hydrogens is 424 g/mol. The number of anilines is 1. The highest BCUT2D eigenvalue weighted by molar-refractivity contribution is 7.89. The molecule has 0 atom stereocenters. The van der Waals surface area contributed by atoms with Gasteiger partial charge in [0, 0.05) is 23.8 Å². The quantitative estimate of drug-likeness (QED) is 0.599. The van der Waals surface area contributed by atoms with Crippen LogP contribution in [0.2, 0.25) is 5.02 Å². The van der Waals surface area contributed by atoms with Crippen molar-refractivity contribution in [2.24, 2.45) is 0 Å². The molecule has 2 rings (SSSR count). The van der Waals surface area contributed by atoms with E-state index in [0.29, 0.717) is 30.4 Å². The Morgan fingerprint density at radius 1 is 1.07 bits per heavy atom. The predicted octanol–water partition coefficient (Wildman–Crippen LogP) is 4.69. The number of carbonyl (C=O) groups excluding carboxylic acids is 1. The molecule has 0 bridgehead atoms. The molecule has 0 heterocycles. The van der Waals surface area contributed by atoms with Crippen molar-refractivity contribution in [1.82, 2.24) is 4.31 Å². The summed E-state index contributed by atoms with van der Waals surface area (Å²) in [4.78, 5) is 13.0. The molecule has 2 aromatic carbocycles. The standard InChI is InChI=1S/C22H29ClN2O4S/c1-6-25(7-2)30(27,28)20-15-18(13-14-19(20)29-8-3)24-21(26)22(4,5)16-9-11-17(23)12-10-16/h9-15H,6-8H2,1-5H3,(H,24,26). The Labute approximate surface area is 184 Å². The highest BCUT2D eigenvalue weighted by atomic mass is 35.5. The Balaban J connectivity index is 2.41. The van der Waals surface area contributed by atoms with E-state index >= 15 is 0 Å². The number of rotatable bonds is 9. The van der Waals surface area contributed by atoms with Crippen LogP contribution in [0.15, 0.2) is 47.4 Å². The minimum absolute atomic E-state index is 0.0372. The first-order valence-corrected chi connectivity index (χ1v) is 11.7. The number of hydrogen-bond acceptors (Lipinski definition) is 4. The number of nitrogens with one attached hydrogen (secondary N) is 1. The number of benzene rings is 2. The van der Waals surface area contributed by atoms with Crippen LogP contribution in [0, 0.1) is 0 Å². The fourth-order valence-electron chi connectivity index (χ4n) is 3.05. The summed E-state index contributed by atoms with van der Waals surface area (Å²) < 4.78 is 33.1. The summed E-state index contributed by atoms with van der Waals surface area (Å²) in [6.07, 6.45) is 0. The molecule has 0 aliphatic heterocycles. The normalized spacial score (nSPS) is 12.1. The van der Waals surface area contributed by atoms with Crippen molar-refractivity contribution in [3.8, 4) is 5.75 Å². The summed E-state index contributed by atoms with van der Waals surface area (Å²) in [5.74, 6) is -0.000435. The summed E-state index contributed by atoms with van der Waals surface area (Å²) in [5, 5.41) is 3.43. The smallest absolute Gasteiger partial charge is 0.246 e. The van der Waals surface area contributed by atoms with Crippen LogP contribution in [0.4, 0.5) is 5.69 Å². The third kappa shape index (κ3) is 5.14. The summed E-state index contributed by atoms with van der Waals surface area (Å²) in [6, 6.07) is 11.7. The van der Waals surface area contributed by atoms with E-state index < -0.39 is 15.4 Å². The van der Waals surface area contributed by atoms with E-state index in [0.717, 1.165) is 5.56 Å². The first kappa shape index (κ1) is 24.2. The zero-order valence-corrected chi connectivity index (χ0v) is 19.6. The minimum atomic E-state index is -3.76. The zero-order valence-electron chi connectivity index (χ0n) is 18.0. The second kappa shape index (κ2) is 9.81. The molecule has 0 radical (unpaired) electrons. The van der Waals surface area contributed by atoms with Gasteiger partial charge in [0.25, 0.3) is 0 Å². The van der Waals surface area contributed by atoms with Gasteiger partial charge in [-0.1, -0.05) is 37.6 Å². The molecule has 1 N–H and O–H groups in total. The molecular formula is C22H29ClN2O4S. The van der Waals surface area contributed by atoms with Crippen LogP contribution in [0.5, 0.6) is 5.75 Å². The molecule has 0 fully saturated rings. The van der Waals surface area contributed by atoms with Gasteiger partial charge in [0.05, 0.1) is 12.0 Å². The van der Waals surface area contributed by atoms with Crippen LogP contribution in [-0.2, 0) is 20.2 Å². The summed E-state index contributed by atoms with van der Waals surface area (Å²) in [6.45, 7) is 9.95. The molecule has 164 valence electrons. The molecule has 0 saturated carbocycles. The molecule has 0 spiro atoms. The Bertz CT molecular complexity index is 985. The first-order valence-electron chi connectivity index (χ1n) is 9.92. The van der Waals surface area contributed by atoms with Crippen LogP contribution in [-0.4, -0.2) is 38.3 Å². The molecule has 8 heteroatoms. The maximum Gasteiger partial charge on any atom is 0.246 e. The molecule has 2 aromatic rings. The molecule has 6 nitrogen and oxygen atoms in total. The van der Waals surface area contributed by atoms with E-state index in [1.807, 2.05) is 0 Å². The second-order valence-electron chi connectivity index (χ2n) is 7.27. The van der Waals surface area contributed by atoms with Gasteiger partial charge in [0.2, 0.25) is 15.9 Å². The van der Waals surface area contributed by atoms with E-state index in [-0.39, 0.29) is 16.6 Å². The van der Waals surface area contributed by atoms with Gasteiger partial charge in [-0.15, -0.1) is 0 Å². The number of halogens is 1. The van der Waals surface area contributed by atoms with Gasteiger partial charge in [-0.2, -0.15) is 4.31 Å². The highest BCUT2D eigenvalue weighted by Crippen LogP contribution is 2.32. The van der Waals surface area contributed by atoms with Crippen molar-refractivity contribution in [2.75, 3.05) is 25.0 Å². The lowest BCUT2D eigenvalue weighted by atomic mass is 9.83. The highest BCUT2D eigenvalue weighted by Gasteiger charge is 2.31. The maximum absolute atomic E-state index is 13.1. The number of nitrogens with zero attached hydrogens (tertiary/aromatic N) is 1. The average molecular weight is 453 g/mol. The molecule has 1 amide bonds. The Morgan fingerprint density at radius 3 is 2.20 bits per heavy atom. The third-order valence-electron chi connectivity index (χ3n) is 4.96. The number of sulfonamides is 1. The van der Waals surface area contributed by atoms with Crippen molar-refractivity contribution < 1.29 is 17.9 Å². The van der Waals surface area contributed by atoms with Gasteiger partial charge in [-0.3, -0.25) is 4.79 Å². The third-order valence-corrected chi connectivity index (χ3v) is 7.28. The van der Waals surface area contributed by atoms with E-state index in [9.17, 15) is 13.2 Å². The van der Waals surface area contributed by atoms with Crippen LogP contribution in [0.25, 0.3) is 0 Å². The topological polar surface area (TPSA) is 75.7 Å². The molecule has 0 aliphatic carbocycles. The lowest BCUT2D eigenvalue weighted by Crippen LogP contribution is -2.35. The molecule has 0 aliphatic rings. The molecule has 30 heavy (non-hydrogen) atoms. The van der Waals surface area contributed by atoms with Crippen molar-refractivity contribution in [3.63, 3.8) is 0 Å². The lowest BCUT2D eigenvalue weighted by Gasteiger charge is -2.25. The fraction of sp³-hybridized carbons (Fsp3) is 0.409. The van der Waals surface area contributed by atoms with Crippen LogP contribution in [0.1, 0.15) is 40.2 Å². The Kier molecular flexibility index (Phi) is 7.91. The van der Waals surface area contributed by atoms with Crippen molar-refractivity contribution in [3.05, 3.63) is 53.1 Å². The van der Waals surface area contributed by atoms with E-state index in [1.165, 1.54) is 10.4 Å². The van der Waals surface area contributed by atoms with Crippen LogP contribution in [0.3, 0.4) is 0 Å². The minimum Gasteiger partial charge on any atom is -0.492 e. The molecule has 0 aromatic heterocycles. The Hall–Kier alpha value is -2.09. The van der Waals surface area contributed by atoms with Crippen molar-refractivity contribution >= 4 is 33.2 Å². The molecule has 0 saturated heterocycles. The van der Waals surface area contributed by atoms with Gasteiger partial charge >= 0.3 is 0 Å². The molecule has 0 unspecified atom stereocenters. The van der Waals surface area contributed by atoms with Gasteiger partial charge in [0.15, 0.2) is 0 Å². The number of carbonyl (C=O) groups is 1. The van der Waals surface area contributed by atoms with E-state index in [1.54, 1.807) is 71.0 Å². The van der Waals surface area contributed by atoms with Crippen molar-refractivity contribution in [1.29, 1.82) is 0 Å². The number of ether oxygens (including phenoxy) is 1.